The highest BCUT2D eigenvalue weighted by Crippen LogP contribution is 2.38. The number of benzene rings is 2. The minimum absolute atomic E-state index is 0.150. The van der Waals surface area contributed by atoms with Gasteiger partial charge in [0, 0.05) is 24.4 Å². The van der Waals surface area contributed by atoms with Crippen molar-refractivity contribution in [1.82, 2.24) is 9.78 Å². The number of ether oxygens (including phenoxy) is 1. The van der Waals surface area contributed by atoms with Crippen LogP contribution in [0.15, 0.2) is 36.4 Å². The molecule has 1 N–H and O–H groups in total. The van der Waals surface area contributed by atoms with Crippen molar-refractivity contribution in [2.24, 2.45) is 7.05 Å². The van der Waals surface area contributed by atoms with E-state index in [1.54, 1.807) is 18.5 Å². The Bertz CT molecular complexity index is 985. The first-order valence-corrected chi connectivity index (χ1v) is 8.43. The molecule has 7 heteroatoms. The van der Waals surface area contributed by atoms with Crippen LogP contribution in [0.5, 0.6) is 5.75 Å². The summed E-state index contributed by atoms with van der Waals surface area (Å²) in [5, 5.41) is 15.5. The van der Waals surface area contributed by atoms with Gasteiger partial charge in [0.15, 0.2) is 0 Å². The van der Waals surface area contributed by atoms with Crippen molar-refractivity contribution in [3.63, 3.8) is 0 Å². The van der Waals surface area contributed by atoms with Crippen LogP contribution < -0.4 is 4.74 Å². The zero-order valence-electron chi connectivity index (χ0n) is 15.6. The van der Waals surface area contributed by atoms with E-state index in [9.17, 15) is 18.3 Å². The summed E-state index contributed by atoms with van der Waals surface area (Å²) in [6, 6.07) is 9.01. The third-order valence-corrected chi connectivity index (χ3v) is 4.37. The Morgan fingerprint density at radius 2 is 1.81 bits per heavy atom. The Morgan fingerprint density at radius 3 is 2.41 bits per heavy atom. The van der Waals surface area contributed by atoms with Gasteiger partial charge in [0.05, 0.1) is 29.5 Å². The van der Waals surface area contributed by atoms with Crippen molar-refractivity contribution in [3.05, 3.63) is 47.7 Å². The number of rotatable bonds is 4. The fourth-order valence-electron chi connectivity index (χ4n) is 3.15. The summed E-state index contributed by atoms with van der Waals surface area (Å²) in [6.07, 6.45) is -4.07. The summed E-state index contributed by atoms with van der Waals surface area (Å²) in [5.41, 5.74) is 1.21. The number of methoxy groups -OCH3 is 1. The van der Waals surface area contributed by atoms with Crippen LogP contribution in [0.3, 0.4) is 0 Å². The predicted molar refractivity (Wildman–Crippen MR) is 97.7 cm³/mol. The molecular formula is C20H21F3N2O2. The summed E-state index contributed by atoms with van der Waals surface area (Å²) in [5.74, 6) is 0.150. The third kappa shape index (κ3) is 3.93. The number of alkyl halides is 3. The number of hydrogen-bond donors (Lipinski definition) is 1. The van der Waals surface area contributed by atoms with Gasteiger partial charge in [0.1, 0.15) is 5.75 Å². The van der Waals surface area contributed by atoms with Crippen LogP contribution in [-0.2, 0) is 19.6 Å². The molecule has 4 nitrogen and oxygen atoms in total. The topological polar surface area (TPSA) is 47.3 Å². The van der Waals surface area contributed by atoms with Gasteiger partial charge >= 0.3 is 6.18 Å². The molecule has 3 aromatic rings. The molecule has 0 unspecified atom stereocenters. The van der Waals surface area contributed by atoms with Crippen molar-refractivity contribution in [1.29, 1.82) is 0 Å². The Morgan fingerprint density at radius 1 is 1.11 bits per heavy atom. The lowest BCUT2D eigenvalue weighted by molar-refractivity contribution is -0.137. The predicted octanol–water partition coefficient (Wildman–Crippen LogP) is 4.58. The van der Waals surface area contributed by atoms with Crippen LogP contribution in [0.1, 0.15) is 25.1 Å². The van der Waals surface area contributed by atoms with Gasteiger partial charge in [0.25, 0.3) is 0 Å². The molecule has 0 atom stereocenters. The van der Waals surface area contributed by atoms with Crippen molar-refractivity contribution < 1.29 is 23.0 Å². The SMILES string of the molecule is COc1cc(C(F)(F)F)ccc1-c1ccc2c(c1)c(CC(C)(C)O)nn2C. The number of fused-ring (bicyclic) bond motifs is 1. The maximum absolute atomic E-state index is 13.0. The van der Waals surface area contributed by atoms with Gasteiger partial charge < -0.3 is 9.84 Å². The summed E-state index contributed by atoms with van der Waals surface area (Å²) in [4.78, 5) is 0. The summed E-state index contributed by atoms with van der Waals surface area (Å²) < 4.78 is 45.8. The smallest absolute Gasteiger partial charge is 0.416 e. The fourth-order valence-corrected chi connectivity index (χ4v) is 3.15. The van der Waals surface area contributed by atoms with Crippen LogP contribution in [0.4, 0.5) is 13.2 Å². The highest BCUT2D eigenvalue weighted by molar-refractivity contribution is 5.88. The molecule has 27 heavy (non-hydrogen) atoms. The van der Waals surface area contributed by atoms with E-state index in [2.05, 4.69) is 5.10 Å². The van der Waals surface area contributed by atoms with Crippen LogP contribution in [-0.4, -0.2) is 27.6 Å². The average molecular weight is 378 g/mol. The first-order chi connectivity index (χ1) is 12.5. The van der Waals surface area contributed by atoms with Gasteiger partial charge in [-0.1, -0.05) is 12.1 Å². The Kier molecular flexibility index (Phi) is 4.67. The molecular weight excluding hydrogens is 357 g/mol. The third-order valence-electron chi connectivity index (χ3n) is 4.37. The van der Waals surface area contributed by atoms with E-state index in [0.717, 1.165) is 34.3 Å². The van der Waals surface area contributed by atoms with Crippen LogP contribution in [0.2, 0.25) is 0 Å². The second-order valence-electron chi connectivity index (χ2n) is 7.20. The first-order valence-electron chi connectivity index (χ1n) is 8.43. The van der Waals surface area contributed by atoms with E-state index in [4.69, 9.17) is 4.74 Å². The molecule has 0 amide bonds. The maximum Gasteiger partial charge on any atom is 0.416 e. The second kappa shape index (κ2) is 6.56. The van der Waals surface area contributed by atoms with Crippen molar-refractivity contribution in [3.8, 4) is 16.9 Å². The Labute approximate surface area is 155 Å². The van der Waals surface area contributed by atoms with Gasteiger partial charge in [-0.25, -0.2) is 0 Å². The molecule has 0 bridgehead atoms. The molecule has 0 radical (unpaired) electrons. The van der Waals surface area contributed by atoms with Gasteiger partial charge in [0.2, 0.25) is 0 Å². The molecule has 144 valence electrons. The number of halogens is 3. The van der Waals surface area contributed by atoms with Crippen molar-refractivity contribution in [2.45, 2.75) is 32.0 Å². The van der Waals surface area contributed by atoms with Crippen LogP contribution in [0, 0.1) is 0 Å². The van der Waals surface area contributed by atoms with Gasteiger partial charge in [-0.05, 0) is 43.7 Å². The van der Waals surface area contributed by atoms with Crippen molar-refractivity contribution in [2.75, 3.05) is 7.11 Å². The fraction of sp³-hybridized carbons (Fsp3) is 0.350. The standard InChI is InChI=1S/C20H21F3N2O2/c1-19(2,26)11-16-15-9-12(5-8-17(15)25(3)24-16)14-7-6-13(20(21,22)23)10-18(14)27-4/h5-10,26H,11H2,1-4H3. The normalized spacial score (nSPS) is 12.6. The average Bonchev–Trinajstić information content (AvgIpc) is 2.87. The van der Waals surface area contributed by atoms with E-state index in [1.165, 1.54) is 13.2 Å². The molecule has 1 heterocycles. The minimum Gasteiger partial charge on any atom is -0.496 e. The van der Waals surface area contributed by atoms with E-state index in [1.807, 2.05) is 25.2 Å². The first kappa shape index (κ1) is 19.2. The molecule has 0 fully saturated rings. The van der Waals surface area contributed by atoms with Crippen LogP contribution >= 0.6 is 0 Å². The molecule has 0 saturated carbocycles. The lowest BCUT2D eigenvalue weighted by atomic mass is 9.97. The Balaban J connectivity index is 2.14. The van der Waals surface area contributed by atoms with Gasteiger partial charge in [-0.3, -0.25) is 4.68 Å². The van der Waals surface area contributed by atoms with Crippen LogP contribution in [0.25, 0.3) is 22.0 Å². The molecule has 3 rings (SSSR count). The number of aliphatic hydroxyl groups is 1. The van der Waals surface area contributed by atoms with Gasteiger partial charge in [-0.15, -0.1) is 0 Å². The molecule has 0 saturated heterocycles. The monoisotopic (exact) mass is 378 g/mol. The quantitative estimate of drug-likeness (QED) is 0.723. The molecule has 0 aliphatic rings. The minimum atomic E-state index is -4.43. The van der Waals surface area contributed by atoms with E-state index in [0.29, 0.717) is 12.0 Å². The molecule has 1 aromatic heterocycles. The van der Waals surface area contributed by atoms with E-state index in [-0.39, 0.29) is 5.75 Å². The highest BCUT2D eigenvalue weighted by atomic mass is 19.4. The molecule has 0 spiro atoms. The van der Waals surface area contributed by atoms with E-state index >= 15 is 0 Å². The van der Waals surface area contributed by atoms with E-state index < -0.39 is 17.3 Å². The number of nitrogens with zero attached hydrogens (tertiary/aromatic N) is 2. The largest absolute Gasteiger partial charge is 0.496 e. The zero-order chi connectivity index (χ0) is 20.0. The zero-order valence-corrected chi connectivity index (χ0v) is 15.6. The number of aryl methyl sites for hydroxylation is 1. The lowest BCUT2D eigenvalue weighted by Crippen LogP contribution is -2.22. The number of aromatic nitrogens is 2. The maximum atomic E-state index is 13.0. The summed E-state index contributed by atoms with van der Waals surface area (Å²) in [6.45, 7) is 3.41. The molecule has 2 aromatic carbocycles. The Hall–Kier alpha value is -2.54. The number of hydrogen-bond acceptors (Lipinski definition) is 3. The summed E-state index contributed by atoms with van der Waals surface area (Å²) >= 11 is 0. The second-order valence-corrected chi connectivity index (χ2v) is 7.20. The molecule has 0 aliphatic heterocycles. The highest BCUT2D eigenvalue weighted by Gasteiger charge is 2.31. The van der Waals surface area contributed by atoms with Crippen molar-refractivity contribution >= 4 is 10.9 Å². The lowest BCUT2D eigenvalue weighted by Gasteiger charge is -2.15. The van der Waals surface area contributed by atoms with Gasteiger partial charge in [-0.2, -0.15) is 18.3 Å². The summed E-state index contributed by atoms with van der Waals surface area (Å²) in [7, 11) is 3.16. The molecule has 0 aliphatic carbocycles.